The summed E-state index contributed by atoms with van der Waals surface area (Å²) >= 11 is 5.91. The molecule has 1 aromatic heterocycles. The summed E-state index contributed by atoms with van der Waals surface area (Å²) in [5.74, 6) is 0. The van der Waals surface area contributed by atoms with E-state index in [0.29, 0.717) is 5.15 Å². The first-order chi connectivity index (χ1) is 5.77. The van der Waals surface area contributed by atoms with Crippen LogP contribution in [0.4, 0.5) is 0 Å². The van der Waals surface area contributed by atoms with Crippen molar-refractivity contribution in [3.05, 3.63) is 28.0 Å². The van der Waals surface area contributed by atoms with Gasteiger partial charge in [-0.1, -0.05) is 11.6 Å². The normalized spacial score (nSPS) is 15.8. The molecular formula is C9H11ClN2. The molecule has 0 aliphatic carbocycles. The molecule has 0 saturated carbocycles. The predicted molar refractivity (Wildman–Crippen MR) is 49.4 cm³/mol. The van der Waals surface area contributed by atoms with E-state index in [9.17, 15) is 0 Å². The molecule has 1 aliphatic rings. The maximum atomic E-state index is 5.91. The third kappa shape index (κ3) is 1.32. The Bertz CT molecular complexity index is 279. The van der Waals surface area contributed by atoms with Crippen LogP contribution in [0.3, 0.4) is 0 Å². The minimum Gasteiger partial charge on any atom is -0.312 e. The van der Waals surface area contributed by atoms with Crippen molar-refractivity contribution in [1.29, 1.82) is 0 Å². The van der Waals surface area contributed by atoms with E-state index in [0.717, 1.165) is 30.8 Å². The number of hydrogen-bond donors (Lipinski definition) is 1. The lowest BCUT2D eigenvalue weighted by Gasteiger charge is -2.16. The zero-order valence-electron chi connectivity index (χ0n) is 7.02. The van der Waals surface area contributed by atoms with E-state index in [4.69, 9.17) is 11.6 Å². The van der Waals surface area contributed by atoms with Crippen molar-refractivity contribution in [1.82, 2.24) is 10.3 Å². The number of aryl methyl sites for hydroxylation is 1. The van der Waals surface area contributed by atoms with Gasteiger partial charge >= 0.3 is 0 Å². The van der Waals surface area contributed by atoms with Crippen LogP contribution >= 0.6 is 11.6 Å². The lowest BCUT2D eigenvalue weighted by Crippen LogP contribution is -2.24. The van der Waals surface area contributed by atoms with Gasteiger partial charge in [-0.2, -0.15) is 0 Å². The van der Waals surface area contributed by atoms with Gasteiger partial charge in [-0.05, 0) is 24.1 Å². The Balaban J connectivity index is 2.49. The number of hydrogen-bond acceptors (Lipinski definition) is 2. The highest BCUT2D eigenvalue weighted by Crippen LogP contribution is 2.18. The summed E-state index contributed by atoms with van der Waals surface area (Å²) in [6, 6.07) is 2.12. The summed E-state index contributed by atoms with van der Waals surface area (Å²) in [4.78, 5) is 4.34. The quantitative estimate of drug-likeness (QED) is 0.618. The van der Waals surface area contributed by atoms with Crippen molar-refractivity contribution in [3.8, 4) is 0 Å². The van der Waals surface area contributed by atoms with Crippen LogP contribution < -0.4 is 5.32 Å². The Kier molecular flexibility index (Phi) is 2.03. The second-order valence-electron chi connectivity index (χ2n) is 3.13. The summed E-state index contributed by atoms with van der Waals surface area (Å²) in [6.07, 6.45) is 0.995. The lowest BCUT2D eigenvalue weighted by atomic mass is 10.1. The summed E-state index contributed by atoms with van der Waals surface area (Å²) in [6.45, 7) is 3.93. The third-order valence-electron chi connectivity index (χ3n) is 2.17. The topological polar surface area (TPSA) is 24.9 Å². The number of fused-ring (bicyclic) bond motifs is 1. The first-order valence-electron chi connectivity index (χ1n) is 4.13. The van der Waals surface area contributed by atoms with E-state index < -0.39 is 0 Å². The third-order valence-corrected chi connectivity index (χ3v) is 2.56. The van der Waals surface area contributed by atoms with Crippen LogP contribution in [-0.2, 0) is 13.0 Å². The number of halogens is 1. The molecule has 0 atom stereocenters. The van der Waals surface area contributed by atoms with Crippen LogP contribution in [0, 0.1) is 6.92 Å². The molecule has 2 nitrogen and oxygen atoms in total. The Morgan fingerprint density at radius 2 is 2.42 bits per heavy atom. The molecule has 64 valence electrons. The Hall–Kier alpha value is -0.600. The zero-order chi connectivity index (χ0) is 8.55. The summed E-state index contributed by atoms with van der Waals surface area (Å²) in [5, 5.41) is 3.95. The summed E-state index contributed by atoms with van der Waals surface area (Å²) in [5.41, 5.74) is 3.52. The largest absolute Gasteiger partial charge is 0.312 e. The monoisotopic (exact) mass is 182 g/mol. The predicted octanol–water partition coefficient (Wildman–Crippen LogP) is 1.69. The Morgan fingerprint density at radius 1 is 1.58 bits per heavy atom. The van der Waals surface area contributed by atoms with Crippen molar-refractivity contribution >= 4 is 11.6 Å². The second kappa shape index (κ2) is 3.04. The molecule has 1 aromatic rings. The number of nitrogens with zero attached hydrogens (tertiary/aromatic N) is 1. The van der Waals surface area contributed by atoms with Gasteiger partial charge < -0.3 is 5.32 Å². The smallest absolute Gasteiger partial charge is 0.132 e. The van der Waals surface area contributed by atoms with Crippen molar-refractivity contribution in [3.63, 3.8) is 0 Å². The van der Waals surface area contributed by atoms with E-state index in [2.05, 4.69) is 16.4 Å². The van der Waals surface area contributed by atoms with E-state index in [-0.39, 0.29) is 0 Å². The minimum absolute atomic E-state index is 0.649. The van der Waals surface area contributed by atoms with Gasteiger partial charge in [-0.25, -0.2) is 4.98 Å². The molecule has 0 aromatic carbocycles. The van der Waals surface area contributed by atoms with Crippen LogP contribution in [-0.4, -0.2) is 11.5 Å². The van der Waals surface area contributed by atoms with Crippen molar-refractivity contribution in [2.75, 3.05) is 6.54 Å². The fraction of sp³-hybridized carbons (Fsp3) is 0.444. The van der Waals surface area contributed by atoms with Crippen molar-refractivity contribution < 1.29 is 0 Å². The molecule has 2 rings (SSSR count). The van der Waals surface area contributed by atoms with Crippen LogP contribution in [0.25, 0.3) is 0 Å². The molecule has 3 heteroatoms. The van der Waals surface area contributed by atoms with Crippen LogP contribution in [0.15, 0.2) is 6.07 Å². The van der Waals surface area contributed by atoms with Gasteiger partial charge in [0.25, 0.3) is 0 Å². The standard InChI is InChI=1S/C9H11ClN2/c1-6-4-7-5-11-3-2-8(7)12-9(6)10/h4,11H,2-3,5H2,1H3. The Morgan fingerprint density at radius 3 is 3.25 bits per heavy atom. The highest BCUT2D eigenvalue weighted by molar-refractivity contribution is 6.30. The van der Waals surface area contributed by atoms with Gasteiger partial charge in [0.1, 0.15) is 5.15 Å². The molecule has 1 aliphatic heterocycles. The first kappa shape index (κ1) is 8.02. The van der Waals surface area contributed by atoms with E-state index in [1.807, 2.05) is 6.92 Å². The van der Waals surface area contributed by atoms with Gasteiger partial charge in [0.15, 0.2) is 0 Å². The SMILES string of the molecule is Cc1cc2c(nc1Cl)CCNC2. The average Bonchev–Trinajstić information content (AvgIpc) is 2.07. The fourth-order valence-corrected chi connectivity index (χ4v) is 1.64. The highest BCUT2D eigenvalue weighted by Gasteiger charge is 2.11. The summed E-state index contributed by atoms with van der Waals surface area (Å²) in [7, 11) is 0. The molecule has 0 fully saturated rings. The van der Waals surface area contributed by atoms with Crippen molar-refractivity contribution in [2.45, 2.75) is 19.9 Å². The van der Waals surface area contributed by atoms with Crippen LogP contribution in [0.2, 0.25) is 5.15 Å². The van der Waals surface area contributed by atoms with Gasteiger partial charge in [0, 0.05) is 25.2 Å². The molecule has 0 amide bonds. The van der Waals surface area contributed by atoms with Crippen LogP contribution in [0.1, 0.15) is 16.8 Å². The molecule has 0 spiro atoms. The van der Waals surface area contributed by atoms with Crippen LogP contribution in [0.5, 0.6) is 0 Å². The van der Waals surface area contributed by atoms with E-state index in [1.54, 1.807) is 0 Å². The molecule has 0 unspecified atom stereocenters. The molecule has 2 heterocycles. The maximum absolute atomic E-state index is 5.91. The molecule has 0 bridgehead atoms. The van der Waals surface area contributed by atoms with E-state index >= 15 is 0 Å². The van der Waals surface area contributed by atoms with E-state index in [1.165, 1.54) is 5.56 Å². The van der Waals surface area contributed by atoms with Crippen molar-refractivity contribution in [2.24, 2.45) is 0 Å². The number of aromatic nitrogens is 1. The Labute approximate surface area is 77.0 Å². The highest BCUT2D eigenvalue weighted by atomic mass is 35.5. The minimum atomic E-state index is 0.649. The first-order valence-corrected chi connectivity index (χ1v) is 4.51. The average molecular weight is 183 g/mol. The number of nitrogens with one attached hydrogen (secondary N) is 1. The van der Waals surface area contributed by atoms with Gasteiger partial charge in [0.2, 0.25) is 0 Å². The second-order valence-corrected chi connectivity index (χ2v) is 3.49. The lowest BCUT2D eigenvalue weighted by molar-refractivity contribution is 0.629. The number of pyridine rings is 1. The fourth-order valence-electron chi connectivity index (χ4n) is 1.48. The number of rotatable bonds is 0. The molecule has 12 heavy (non-hydrogen) atoms. The molecule has 0 saturated heterocycles. The van der Waals surface area contributed by atoms with Gasteiger partial charge in [-0.3, -0.25) is 0 Å². The van der Waals surface area contributed by atoms with Gasteiger partial charge in [0.05, 0.1) is 0 Å². The van der Waals surface area contributed by atoms with Gasteiger partial charge in [-0.15, -0.1) is 0 Å². The maximum Gasteiger partial charge on any atom is 0.132 e. The molecular weight excluding hydrogens is 172 g/mol. The summed E-state index contributed by atoms with van der Waals surface area (Å²) < 4.78 is 0. The molecule has 1 N–H and O–H groups in total. The zero-order valence-corrected chi connectivity index (χ0v) is 7.78. The molecule has 0 radical (unpaired) electrons.